The first-order valence-corrected chi connectivity index (χ1v) is 10.3. The van der Waals surface area contributed by atoms with Gasteiger partial charge in [-0.05, 0) is 25.3 Å². The Morgan fingerprint density at radius 2 is 2.11 bits per heavy atom. The molecule has 2 N–H and O–H groups in total. The van der Waals surface area contributed by atoms with Gasteiger partial charge in [-0.15, -0.1) is 11.3 Å². The van der Waals surface area contributed by atoms with E-state index in [0.29, 0.717) is 18.8 Å². The quantitative estimate of drug-likeness (QED) is 0.710. The van der Waals surface area contributed by atoms with Gasteiger partial charge in [-0.1, -0.05) is 30.3 Å². The second-order valence-corrected chi connectivity index (χ2v) is 7.54. The molecule has 2 heterocycles. The van der Waals surface area contributed by atoms with Crippen molar-refractivity contribution in [1.29, 1.82) is 0 Å². The molecule has 8 heteroatoms. The first kappa shape index (κ1) is 20.3. The van der Waals surface area contributed by atoms with Crippen LogP contribution in [0.1, 0.15) is 35.8 Å². The fraction of sp³-hybridized carbons (Fsp3) is 0.450. The highest BCUT2D eigenvalue weighted by molar-refractivity contribution is 7.13. The van der Waals surface area contributed by atoms with Crippen molar-refractivity contribution >= 4 is 28.4 Å². The van der Waals surface area contributed by atoms with Gasteiger partial charge in [0.15, 0.2) is 10.8 Å². The molecule has 150 valence electrons. The van der Waals surface area contributed by atoms with E-state index in [4.69, 9.17) is 15.2 Å². The van der Waals surface area contributed by atoms with E-state index in [1.807, 2.05) is 30.3 Å². The van der Waals surface area contributed by atoms with Crippen molar-refractivity contribution in [2.45, 2.75) is 32.4 Å². The van der Waals surface area contributed by atoms with Gasteiger partial charge in [-0.3, -0.25) is 4.79 Å². The lowest BCUT2D eigenvalue weighted by Gasteiger charge is -2.34. The minimum atomic E-state index is -0.684. The summed E-state index contributed by atoms with van der Waals surface area (Å²) in [6.07, 6.45) is 1.76. The molecule has 1 aromatic heterocycles. The van der Waals surface area contributed by atoms with Gasteiger partial charge in [-0.25, -0.2) is 9.78 Å². The minimum Gasteiger partial charge on any atom is -0.461 e. The van der Waals surface area contributed by atoms with Crippen LogP contribution in [0.5, 0.6) is 0 Å². The third kappa shape index (κ3) is 5.08. The molecule has 2 unspecified atom stereocenters. The van der Waals surface area contributed by atoms with Crippen LogP contribution in [0, 0.1) is 5.92 Å². The predicted molar refractivity (Wildman–Crippen MR) is 107 cm³/mol. The highest BCUT2D eigenvalue weighted by atomic mass is 32.1. The molecule has 0 spiro atoms. The zero-order valence-electron chi connectivity index (χ0n) is 15.9. The van der Waals surface area contributed by atoms with Crippen LogP contribution in [0.15, 0.2) is 35.7 Å². The molecule has 1 aliphatic rings. The van der Waals surface area contributed by atoms with Crippen LogP contribution in [0.3, 0.4) is 0 Å². The molecule has 1 aliphatic heterocycles. The molecule has 7 nitrogen and oxygen atoms in total. The topological polar surface area (TPSA) is 94.8 Å². The number of piperidine rings is 1. The highest BCUT2D eigenvalue weighted by Crippen LogP contribution is 2.28. The zero-order chi connectivity index (χ0) is 19.9. The average molecular weight is 404 g/mol. The third-order valence-electron chi connectivity index (χ3n) is 4.71. The van der Waals surface area contributed by atoms with Crippen molar-refractivity contribution in [2.75, 3.05) is 24.6 Å². The van der Waals surface area contributed by atoms with Gasteiger partial charge < -0.3 is 20.1 Å². The molecular formula is C20H25N3O4S. The third-order valence-corrected chi connectivity index (χ3v) is 5.61. The Morgan fingerprint density at radius 3 is 2.86 bits per heavy atom. The monoisotopic (exact) mass is 403 g/mol. The summed E-state index contributed by atoms with van der Waals surface area (Å²) in [5.74, 6) is -0.825. The van der Waals surface area contributed by atoms with Crippen LogP contribution in [-0.4, -0.2) is 42.7 Å². The van der Waals surface area contributed by atoms with Crippen LogP contribution in [-0.2, 0) is 20.9 Å². The SMILES string of the molecule is CCOC(=O)c1csc(N2CCCC(C(N)C(=O)OCc3ccccc3)C2)n1. The summed E-state index contributed by atoms with van der Waals surface area (Å²) >= 11 is 1.40. The molecule has 0 amide bonds. The van der Waals surface area contributed by atoms with Gasteiger partial charge in [0.05, 0.1) is 6.61 Å². The standard InChI is InChI=1S/C20H25N3O4S/c1-2-26-18(24)16-13-28-20(22-16)23-10-6-9-15(11-23)17(21)19(25)27-12-14-7-4-3-5-8-14/h3-5,7-8,13,15,17H,2,6,9-12,21H2,1H3. The Morgan fingerprint density at radius 1 is 1.32 bits per heavy atom. The van der Waals surface area contributed by atoms with Gasteiger partial charge in [0.1, 0.15) is 12.6 Å². The van der Waals surface area contributed by atoms with Crippen LogP contribution in [0.25, 0.3) is 0 Å². The number of hydrogen-bond acceptors (Lipinski definition) is 8. The number of esters is 2. The average Bonchev–Trinajstić information content (AvgIpc) is 3.23. The molecule has 1 aromatic carbocycles. The zero-order valence-corrected chi connectivity index (χ0v) is 16.7. The molecule has 1 fully saturated rings. The summed E-state index contributed by atoms with van der Waals surface area (Å²) in [4.78, 5) is 30.7. The van der Waals surface area contributed by atoms with Gasteiger partial charge >= 0.3 is 11.9 Å². The molecule has 28 heavy (non-hydrogen) atoms. The highest BCUT2D eigenvalue weighted by Gasteiger charge is 2.31. The van der Waals surface area contributed by atoms with E-state index in [0.717, 1.165) is 30.1 Å². The van der Waals surface area contributed by atoms with Crippen LogP contribution in [0.2, 0.25) is 0 Å². The van der Waals surface area contributed by atoms with E-state index in [9.17, 15) is 9.59 Å². The first-order chi connectivity index (χ1) is 13.6. The number of hydrogen-bond donors (Lipinski definition) is 1. The lowest BCUT2D eigenvalue weighted by Crippen LogP contribution is -2.48. The maximum Gasteiger partial charge on any atom is 0.357 e. The number of nitrogens with zero attached hydrogens (tertiary/aromatic N) is 2. The Balaban J connectivity index is 1.56. The van der Waals surface area contributed by atoms with Crippen LogP contribution in [0.4, 0.5) is 5.13 Å². The molecule has 0 radical (unpaired) electrons. The van der Waals surface area contributed by atoms with Crippen molar-refractivity contribution in [3.63, 3.8) is 0 Å². The number of ether oxygens (including phenoxy) is 2. The minimum absolute atomic E-state index is 0.0213. The Kier molecular flexibility index (Phi) is 7.00. The second kappa shape index (κ2) is 9.66. The fourth-order valence-corrected chi connectivity index (χ4v) is 4.03. The van der Waals surface area contributed by atoms with Gasteiger partial charge in [0.25, 0.3) is 0 Å². The predicted octanol–water partition coefficient (Wildman–Crippen LogP) is 2.61. The summed E-state index contributed by atoms with van der Waals surface area (Å²) in [7, 11) is 0. The number of thiazole rings is 1. The van der Waals surface area contributed by atoms with E-state index < -0.39 is 12.0 Å². The van der Waals surface area contributed by atoms with Crippen LogP contribution < -0.4 is 10.6 Å². The van der Waals surface area contributed by atoms with Crippen LogP contribution >= 0.6 is 11.3 Å². The molecule has 3 rings (SSSR count). The number of carbonyl (C=O) groups excluding carboxylic acids is 2. The van der Waals surface area contributed by atoms with E-state index >= 15 is 0 Å². The van der Waals surface area contributed by atoms with Crippen molar-refractivity contribution in [3.8, 4) is 0 Å². The maximum absolute atomic E-state index is 12.4. The number of aromatic nitrogens is 1. The number of rotatable bonds is 7. The molecule has 1 saturated heterocycles. The van der Waals surface area contributed by atoms with E-state index in [2.05, 4.69) is 9.88 Å². The number of anilines is 1. The molecule has 2 atom stereocenters. The number of benzene rings is 1. The number of carbonyl (C=O) groups is 2. The van der Waals surface area contributed by atoms with E-state index in [-0.39, 0.29) is 18.5 Å². The Labute approximate surface area is 168 Å². The fourth-order valence-electron chi connectivity index (χ4n) is 3.20. The Hall–Kier alpha value is -2.45. The van der Waals surface area contributed by atoms with Gasteiger partial charge in [0, 0.05) is 24.4 Å². The number of nitrogens with two attached hydrogens (primary N) is 1. The largest absolute Gasteiger partial charge is 0.461 e. The lowest BCUT2D eigenvalue weighted by molar-refractivity contribution is -0.148. The summed E-state index contributed by atoms with van der Waals surface area (Å²) < 4.78 is 10.4. The molecule has 0 aliphatic carbocycles. The van der Waals surface area contributed by atoms with E-state index in [1.165, 1.54) is 11.3 Å². The lowest BCUT2D eigenvalue weighted by atomic mass is 9.91. The summed E-state index contributed by atoms with van der Waals surface area (Å²) in [5.41, 5.74) is 7.45. The van der Waals surface area contributed by atoms with Crippen molar-refractivity contribution in [2.24, 2.45) is 11.7 Å². The molecule has 0 saturated carbocycles. The normalized spacial score (nSPS) is 17.8. The molecular weight excluding hydrogens is 378 g/mol. The van der Waals surface area contributed by atoms with Crippen molar-refractivity contribution < 1.29 is 19.1 Å². The molecule has 0 bridgehead atoms. The smallest absolute Gasteiger partial charge is 0.357 e. The second-order valence-electron chi connectivity index (χ2n) is 6.70. The van der Waals surface area contributed by atoms with Crippen molar-refractivity contribution in [1.82, 2.24) is 4.98 Å². The van der Waals surface area contributed by atoms with Crippen molar-refractivity contribution in [3.05, 3.63) is 47.0 Å². The maximum atomic E-state index is 12.4. The summed E-state index contributed by atoms with van der Waals surface area (Å²) in [6, 6.07) is 8.85. The van der Waals surface area contributed by atoms with E-state index in [1.54, 1.807) is 12.3 Å². The summed E-state index contributed by atoms with van der Waals surface area (Å²) in [6.45, 7) is 3.73. The van der Waals surface area contributed by atoms with Gasteiger partial charge in [0.2, 0.25) is 0 Å². The first-order valence-electron chi connectivity index (χ1n) is 9.42. The van der Waals surface area contributed by atoms with Gasteiger partial charge in [-0.2, -0.15) is 0 Å². The summed E-state index contributed by atoms with van der Waals surface area (Å²) in [5, 5.41) is 2.45. The Bertz CT molecular complexity index is 796. The molecule has 2 aromatic rings.